The molecule has 6 heteroatoms. The summed E-state index contributed by atoms with van der Waals surface area (Å²) in [5.74, 6) is 1.45. The number of aromatic nitrogens is 5. The number of pyridine rings is 1. The number of hydrogen-bond donors (Lipinski definition) is 1. The molecule has 0 aliphatic heterocycles. The minimum atomic E-state index is 0.0791. The van der Waals surface area contributed by atoms with E-state index < -0.39 is 0 Å². The largest absolute Gasteiger partial charge is 0.362 e. The van der Waals surface area contributed by atoms with Gasteiger partial charge in [-0.05, 0) is 26.0 Å². The molecule has 0 bridgehead atoms. The molecule has 0 aromatic carbocycles. The van der Waals surface area contributed by atoms with Crippen molar-refractivity contribution in [1.29, 1.82) is 0 Å². The van der Waals surface area contributed by atoms with E-state index in [9.17, 15) is 0 Å². The van der Waals surface area contributed by atoms with Gasteiger partial charge in [0.05, 0.1) is 11.7 Å². The molecule has 0 saturated carbocycles. The van der Waals surface area contributed by atoms with Crippen molar-refractivity contribution in [3.05, 3.63) is 48.2 Å². The lowest BCUT2D eigenvalue weighted by Crippen LogP contribution is -2.12. The van der Waals surface area contributed by atoms with E-state index >= 15 is 0 Å². The second kappa shape index (κ2) is 4.64. The van der Waals surface area contributed by atoms with Gasteiger partial charge in [0.1, 0.15) is 12.1 Å². The van der Waals surface area contributed by atoms with Crippen molar-refractivity contribution in [1.82, 2.24) is 24.6 Å². The van der Waals surface area contributed by atoms with Gasteiger partial charge in [-0.1, -0.05) is 6.07 Å². The van der Waals surface area contributed by atoms with Gasteiger partial charge in [0.15, 0.2) is 0 Å². The lowest BCUT2D eigenvalue weighted by molar-refractivity contribution is 0.808. The molecule has 1 atom stereocenters. The predicted molar refractivity (Wildman–Crippen MR) is 71.8 cm³/mol. The van der Waals surface area contributed by atoms with Crippen LogP contribution in [0.1, 0.15) is 24.4 Å². The summed E-state index contributed by atoms with van der Waals surface area (Å²) in [6, 6.07) is 7.90. The molecule has 0 aliphatic carbocycles. The van der Waals surface area contributed by atoms with Crippen LogP contribution in [0.2, 0.25) is 0 Å². The van der Waals surface area contributed by atoms with Crippen LogP contribution in [0.5, 0.6) is 0 Å². The second-order valence-electron chi connectivity index (χ2n) is 4.38. The first kappa shape index (κ1) is 11.6. The van der Waals surface area contributed by atoms with Crippen LogP contribution in [0, 0.1) is 6.92 Å². The molecular formula is C13H14N6. The first-order valence-electron chi connectivity index (χ1n) is 6.09. The van der Waals surface area contributed by atoms with Crippen LogP contribution in [-0.2, 0) is 0 Å². The number of rotatable bonds is 3. The summed E-state index contributed by atoms with van der Waals surface area (Å²) in [6.45, 7) is 3.99. The van der Waals surface area contributed by atoms with Crippen molar-refractivity contribution < 1.29 is 0 Å². The van der Waals surface area contributed by atoms with E-state index in [0.29, 0.717) is 5.78 Å². The van der Waals surface area contributed by atoms with Gasteiger partial charge in [-0.25, -0.2) is 4.98 Å². The molecule has 96 valence electrons. The molecule has 0 fully saturated rings. The highest BCUT2D eigenvalue weighted by atomic mass is 15.4. The maximum absolute atomic E-state index is 4.34. The summed E-state index contributed by atoms with van der Waals surface area (Å²) in [4.78, 5) is 12.8. The third kappa shape index (κ3) is 2.24. The zero-order valence-corrected chi connectivity index (χ0v) is 10.8. The number of nitrogens with one attached hydrogen (secondary N) is 1. The SMILES string of the molecule is Cc1cc(N[C@H](C)c2ccccn2)n2ncnc2n1. The molecule has 0 radical (unpaired) electrons. The molecule has 0 saturated heterocycles. The molecule has 3 aromatic rings. The maximum Gasteiger partial charge on any atom is 0.254 e. The molecule has 0 unspecified atom stereocenters. The Labute approximate surface area is 110 Å². The molecule has 1 N–H and O–H groups in total. The van der Waals surface area contributed by atoms with Crippen molar-refractivity contribution in [2.45, 2.75) is 19.9 Å². The quantitative estimate of drug-likeness (QED) is 0.774. The molecule has 3 rings (SSSR count). The van der Waals surface area contributed by atoms with Gasteiger partial charge >= 0.3 is 0 Å². The first-order valence-corrected chi connectivity index (χ1v) is 6.09. The Morgan fingerprint density at radius 2 is 2.16 bits per heavy atom. The van der Waals surface area contributed by atoms with Crippen LogP contribution in [-0.4, -0.2) is 24.6 Å². The van der Waals surface area contributed by atoms with Crippen LogP contribution < -0.4 is 5.32 Å². The Morgan fingerprint density at radius 3 is 2.95 bits per heavy atom. The van der Waals surface area contributed by atoms with Gasteiger partial charge in [-0.15, -0.1) is 0 Å². The summed E-state index contributed by atoms with van der Waals surface area (Å²) in [5, 5.41) is 7.55. The Bertz CT molecular complexity index is 691. The lowest BCUT2D eigenvalue weighted by Gasteiger charge is -2.15. The van der Waals surface area contributed by atoms with E-state index in [4.69, 9.17) is 0 Å². The third-order valence-electron chi connectivity index (χ3n) is 2.88. The fourth-order valence-corrected chi connectivity index (χ4v) is 1.96. The Hall–Kier alpha value is -2.50. The number of fused-ring (bicyclic) bond motifs is 1. The van der Waals surface area contributed by atoms with E-state index in [2.05, 4.69) is 32.3 Å². The van der Waals surface area contributed by atoms with Crippen LogP contribution in [0.4, 0.5) is 5.82 Å². The molecule has 0 amide bonds. The zero-order chi connectivity index (χ0) is 13.2. The Kier molecular flexibility index (Phi) is 2.83. The monoisotopic (exact) mass is 254 g/mol. The molecule has 0 spiro atoms. The molecule has 19 heavy (non-hydrogen) atoms. The lowest BCUT2D eigenvalue weighted by atomic mass is 10.2. The highest BCUT2D eigenvalue weighted by Crippen LogP contribution is 2.17. The van der Waals surface area contributed by atoms with Crippen LogP contribution in [0.25, 0.3) is 5.78 Å². The summed E-state index contributed by atoms with van der Waals surface area (Å²) in [7, 11) is 0. The Morgan fingerprint density at radius 1 is 1.26 bits per heavy atom. The minimum absolute atomic E-state index is 0.0791. The average Bonchev–Trinajstić information content (AvgIpc) is 2.88. The topological polar surface area (TPSA) is 68.0 Å². The molecule has 3 heterocycles. The second-order valence-corrected chi connectivity index (χ2v) is 4.38. The van der Waals surface area contributed by atoms with E-state index in [1.54, 1.807) is 10.7 Å². The summed E-state index contributed by atoms with van der Waals surface area (Å²) in [5.41, 5.74) is 1.88. The highest BCUT2D eigenvalue weighted by molar-refractivity contribution is 5.45. The fourth-order valence-electron chi connectivity index (χ4n) is 1.96. The minimum Gasteiger partial charge on any atom is -0.362 e. The smallest absolute Gasteiger partial charge is 0.254 e. The molecule has 0 aliphatic rings. The van der Waals surface area contributed by atoms with Crippen LogP contribution in [0.15, 0.2) is 36.8 Å². The Balaban J connectivity index is 1.95. The summed E-state index contributed by atoms with van der Waals surface area (Å²) < 4.78 is 1.69. The fraction of sp³-hybridized carbons (Fsp3) is 0.231. The zero-order valence-electron chi connectivity index (χ0n) is 10.8. The summed E-state index contributed by atoms with van der Waals surface area (Å²) >= 11 is 0. The van der Waals surface area contributed by atoms with Gasteiger partial charge in [-0.2, -0.15) is 14.6 Å². The third-order valence-corrected chi connectivity index (χ3v) is 2.88. The highest BCUT2D eigenvalue weighted by Gasteiger charge is 2.10. The summed E-state index contributed by atoms with van der Waals surface area (Å²) in [6.07, 6.45) is 3.29. The molecule has 6 nitrogen and oxygen atoms in total. The predicted octanol–water partition coefficient (Wildman–Crippen LogP) is 2.00. The normalized spacial score (nSPS) is 12.5. The van der Waals surface area contributed by atoms with E-state index in [1.807, 2.05) is 31.2 Å². The average molecular weight is 254 g/mol. The van der Waals surface area contributed by atoms with Crippen LogP contribution in [0.3, 0.4) is 0 Å². The van der Waals surface area contributed by atoms with E-state index in [1.165, 1.54) is 6.33 Å². The number of aryl methyl sites for hydroxylation is 1. The molecule has 3 aromatic heterocycles. The number of nitrogens with zero attached hydrogens (tertiary/aromatic N) is 5. The first-order chi connectivity index (χ1) is 9.24. The van der Waals surface area contributed by atoms with E-state index in [-0.39, 0.29) is 6.04 Å². The van der Waals surface area contributed by atoms with Crippen LogP contribution >= 0.6 is 0 Å². The van der Waals surface area contributed by atoms with Crippen molar-refractivity contribution in [3.8, 4) is 0 Å². The van der Waals surface area contributed by atoms with Crippen molar-refractivity contribution in [3.63, 3.8) is 0 Å². The van der Waals surface area contributed by atoms with Gasteiger partial charge < -0.3 is 5.32 Å². The standard InChI is InChI=1S/C13H14N6/c1-9-7-12(19-13(17-9)15-8-16-19)18-10(2)11-5-3-4-6-14-11/h3-8,10,18H,1-2H3/t10-/m1/s1. The number of hydrogen-bond acceptors (Lipinski definition) is 5. The van der Waals surface area contributed by atoms with Crippen molar-refractivity contribution in [2.24, 2.45) is 0 Å². The number of anilines is 1. The maximum atomic E-state index is 4.34. The van der Waals surface area contributed by atoms with Gasteiger partial charge in [0, 0.05) is 18.0 Å². The van der Waals surface area contributed by atoms with Gasteiger partial charge in [-0.3, -0.25) is 4.98 Å². The van der Waals surface area contributed by atoms with Gasteiger partial charge in [0.2, 0.25) is 0 Å². The van der Waals surface area contributed by atoms with E-state index in [0.717, 1.165) is 17.2 Å². The van der Waals surface area contributed by atoms with Crippen molar-refractivity contribution in [2.75, 3.05) is 5.32 Å². The van der Waals surface area contributed by atoms with Gasteiger partial charge in [0.25, 0.3) is 5.78 Å². The van der Waals surface area contributed by atoms with Crippen molar-refractivity contribution >= 4 is 11.6 Å². The molecular weight excluding hydrogens is 240 g/mol.